The van der Waals surface area contributed by atoms with E-state index in [1.807, 2.05) is 12.1 Å². The Labute approximate surface area is 160 Å². The van der Waals surface area contributed by atoms with Crippen molar-refractivity contribution in [3.63, 3.8) is 0 Å². The van der Waals surface area contributed by atoms with Crippen LogP contribution < -0.4 is 24.8 Å². The molecule has 0 aliphatic carbocycles. The van der Waals surface area contributed by atoms with E-state index in [1.54, 1.807) is 18.2 Å². The molecule has 0 fully saturated rings. The molecule has 7 nitrogen and oxygen atoms in total. The summed E-state index contributed by atoms with van der Waals surface area (Å²) in [6, 6.07) is 8.61. The number of carbonyl (C=O) groups is 2. The van der Waals surface area contributed by atoms with Gasteiger partial charge in [-0.25, -0.2) is 0 Å². The first-order valence-electron chi connectivity index (χ1n) is 8.53. The largest absolute Gasteiger partial charge is 0.486 e. The molecule has 0 radical (unpaired) electrons. The Balaban J connectivity index is 1.37. The van der Waals surface area contributed by atoms with Crippen molar-refractivity contribution in [2.75, 3.05) is 31.7 Å². The Morgan fingerprint density at radius 1 is 1.11 bits per heavy atom. The van der Waals surface area contributed by atoms with Gasteiger partial charge in [-0.15, -0.1) is 0 Å². The number of hydrogen-bond donors (Lipinski definition) is 2. The topological polar surface area (TPSA) is 85.9 Å². The number of fused-ring (bicyclic) bond motifs is 2. The monoisotopic (exact) mass is 388 g/mol. The number of benzene rings is 2. The summed E-state index contributed by atoms with van der Waals surface area (Å²) >= 11 is 6.23. The average molecular weight is 389 g/mol. The number of carbonyl (C=O) groups excluding carboxylic acids is 2. The maximum Gasteiger partial charge on any atom is 0.262 e. The predicted octanol–water partition coefficient (Wildman–Crippen LogP) is 2.41. The second-order valence-corrected chi connectivity index (χ2v) is 6.56. The third kappa shape index (κ3) is 3.78. The molecule has 140 valence electrons. The molecule has 2 aromatic carbocycles. The smallest absolute Gasteiger partial charge is 0.262 e. The van der Waals surface area contributed by atoms with Gasteiger partial charge in [-0.2, -0.15) is 0 Å². The minimum atomic E-state index is -0.220. The van der Waals surface area contributed by atoms with Crippen LogP contribution in [0.25, 0.3) is 0 Å². The van der Waals surface area contributed by atoms with Gasteiger partial charge in [-0.05, 0) is 42.3 Å². The summed E-state index contributed by atoms with van der Waals surface area (Å²) in [5, 5.41) is 6.06. The van der Waals surface area contributed by atoms with Gasteiger partial charge in [-0.3, -0.25) is 9.59 Å². The van der Waals surface area contributed by atoms with Crippen molar-refractivity contribution in [3.8, 4) is 17.2 Å². The van der Waals surface area contributed by atoms with Crippen molar-refractivity contribution in [2.45, 2.75) is 6.42 Å². The molecule has 0 saturated carbocycles. The van der Waals surface area contributed by atoms with E-state index in [0.29, 0.717) is 59.7 Å². The summed E-state index contributed by atoms with van der Waals surface area (Å²) < 4.78 is 16.4. The minimum Gasteiger partial charge on any atom is -0.486 e. The van der Waals surface area contributed by atoms with Crippen LogP contribution in [-0.4, -0.2) is 38.2 Å². The fourth-order valence-corrected chi connectivity index (χ4v) is 3.23. The normalized spacial score (nSPS) is 14.6. The van der Waals surface area contributed by atoms with Crippen LogP contribution in [0.2, 0.25) is 5.02 Å². The minimum absolute atomic E-state index is 0.0526. The van der Waals surface area contributed by atoms with Crippen molar-refractivity contribution >= 4 is 29.1 Å². The SMILES string of the molecule is O=C1COc2cc(C(=O)NCCc3cc(Cl)c4c(c3)OCCO4)ccc2N1. The summed E-state index contributed by atoms with van der Waals surface area (Å²) in [7, 11) is 0. The maximum atomic E-state index is 12.4. The van der Waals surface area contributed by atoms with Gasteiger partial charge in [0, 0.05) is 12.1 Å². The average Bonchev–Trinajstić information content (AvgIpc) is 2.67. The predicted molar refractivity (Wildman–Crippen MR) is 99.0 cm³/mol. The van der Waals surface area contributed by atoms with E-state index in [9.17, 15) is 9.59 Å². The highest BCUT2D eigenvalue weighted by Gasteiger charge is 2.19. The van der Waals surface area contributed by atoms with E-state index in [1.165, 1.54) is 0 Å². The number of halogens is 1. The van der Waals surface area contributed by atoms with Crippen molar-refractivity contribution in [1.82, 2.24) is 5.32 Å². The van der Waals surface area contributed by atoms with Crippen molar-refractivity contribution in [2.24, 2.45) is 0 Å². The van der Waals surface area contributed by atoms with Gasteiger partial charge in [0.1, 0.15) is 19.0 Å². The van der Waals surface area contributed by atoms with Crippen molar-refractivity contribution in [3.05, 3.63) is 46.5 Å². The molecule has 2 N–H and O–H groups in total. The molecule has 2 aliphatic rings. The van der Waals surface area contributed by atoms with Crippen LogP contribution in [0.4, 0.5) is 5.69 Å². The zero-order valence-corrected chi connectivity index (χ0v) is 15.1. The zero-order chi connectivity index (χ0) is 18.8. The molecule has 0 saturated heterocycles. The highest BCUT2D eigenvalue weighted by atomic mass is 35.5. The summed E-state index contributed by atoms with van der Waals surface area (Å²) in [6.45, 7) is 1.35. The molecule has 0 atom stereocenters. The molecule has 2 heterocycles. The lowest BCUT2D eigenvalue weighted by molar-refractivity contribution is -0.118. The van der Waals surface area contributed by atoms with Gasteiger partial charge in [0.2, 0.25) is 0 Å². The summed E-state index contributed by atoms with van der Waals surface area (Å²) in [5.41, 5.74) is 1.97. The lowest BCUT2D eigenvalue weighted by atomic mass is 10.1. The molecule has 27 heavy (non-hydrogen) atoms. The van der Waals surface area contributed by atoms with Crippen LogP contribution in [0, 0.1) is 0 Å². The molecule has 0 aromatic heterocycles. The van der Waals surface area contributed by atoms with E-state index >= 15 is 0 Å². The number of amides is 2. The van der Waals surface area contributed by atoms with Crippen molar-refractivity contribution < 1.29 is 23.8 Å². The number of rotatable bonds is 4. The summed E-state index contributed by atoms with van der Waals surface area (Å²) in [6.07, 6.45) is 0.597. The Morgan fingerprint density at radius 2 is 1.96 bits per heavy atom. The van der Waals surface area contributed by atoms with E-state index < -0.39 is 0 Å². The van der Waals surface area contributed by atoms with Crippen LogP contribution in [0.1, 0.15) is 15.9 Å². The highest BCUT2D eigenvalue weighted by Crippen LogP contribution is 2.38. The first kappa shape index (κ1) is 17.5. The molecule has 8 heteroatoms. The third-order valence-corrected chi connectivity index (χ3v) is 4.51. The lowest BCUT2D eigenvalue weighted by Gasteiger charge is -2.20. The number of ether oxygens (including phenoxy) is 3. The van der Waals surface area contributed by atoms with Crippen LogP contribution in [0.3, 0.4) is 0 Å². The van der Waals surface area contributed by atoms with E-state index in [0.717, 1.165) is 5.56 Å². The molecule has 2 aliphatic heterocycles. The Morgan fingerprint density at radius 3 is 2.85 bits per heavy atom. The molecular weight excluding hydrogens is 372 g/mol. The third-order valence-electron chi connectivity index (χ3n) is 4.23. The van der Waals surface area contributed by atoms with Gasteiger partial charge in [0.05, 0.1) is 10.7 Å². The molecule has 4 rings (SSSR count). The summed E-state index contributed by atoms with van der Waals surface area (Å²) in [4.78, 5) is 23.7. The Hall–Kier alpha value is -2.93. The van der Waals surface area contributed by atoms with Gasteiger partial charge in [0.15, 0.2) is 18.1 Å². The second-order valence-electron chi connectivity index (χ2n) is 6.16. The van der Waals surface area contributed by atoms with Crippen LogP contribution in [0.5, 0.6) is 17.2 Å². The van der Waals surface area contributed by atoms with Gasteiger partial charge in [-0.1, -0.05) is 11.6 Å². The Kier molecular flexibility index (Phi) is 4.77. The van der Waals surface area contributed by atoms with E-state index in [2.05, 4.69) is 10.6 Å². The first-order chi connectivity index (χ1) is 13.1. The van der Waals surface area contributed by atoms with E-state index in [4.69, 9.17) is 25.8 Å². The summed E-state index contributed by atoms with van der Waals surface area (Å²) in [5.74, 6) is 1.25. The molecular formula is C19H17ClN2O5. The van der Waals surface area contributed by atoms with Crippen molar-refractivity contribution in [1.29, 1.82) is 0 Å². The first-order valence-corrected chi connectivity index (χ1v) is 8.91. The van der Waals surface area contributed by atoms with Crippen LogP contribution >= 0.6 is 11.6 Å². The molecule has 0 spiro atoms. The highest BCUT2D eigenvalue weighted by molar-refractivity contribution is 6.32. The lowest BCUT2D eigenvalue weighted by Crippen LogP contribution is -2.27. The van der Waals surface area contributed by atoms with Gasteiger partial charge < -0.3 is 24.8 Å². The second kappa shape index (κ2) is 7.36. The molecule has 0 unspecified atom stereocenters. The quantitative estimate of drug-likeness (QED) is 0.840. The van der Waals surface area contributed by atoms with E-state index in [-0.39, 0.29) is 18.4 Å². The van der Waals surface area contributed by atoms with Gasteiger partial charge in [0.25, 0.3) is 11.8 Å². The molecule has 0 bridgehead atoms. The number of nitrogens with one attached hydrogen (secondary N) is 2. The molecule has 2 amide bonds. The Bertz CT molecular complexity index is 915. The van der Waals surface area contributed by atoms with Crippen LogP contribution in [-0.2, 0) is 11.2 Å². The number of hydrogen-bond acceptors (Lipinski definition) is 5. The standard InChI is InChI=1S/C19H17ClN2O5/c20-13-7-11(8-16-18(13)26-6-5-25-16)3-4-21-19(24)12-1-2-14-15(9-12)27-10-17(23)22-14/h1-2,7-9H,3-6,10H2,(H,21,24)(H,22,23). The fourth-order valence-electron chi connectivity index (χ4n) is 2.95. The fraction of sp³-hybridized carbons (Fsp3) is 0.263. The van der Waals surface area contributed by atoms with Gasteiger partial charge >= 0.3 is 0 Å². The maximum absolute atomic E-state index is 12.4. The zero-order valence-electron chi connectivity index (χ0n) is 14.3. The van der Waals surface area contributed by atoms with Crippen LogP contribution in [0.15, 0.2) is 30.3 Å². The number of anilines is 1. The molecule has 2 aromatic rings.